The molecule has 1 amide bonds. The molecule has 0 unspecified atom stereocenters. The van der Waals surface area contributed by atoms with E-state index in [1.165, 1.54) is 0 Å². The maximum Gasteiger partial charge on any atom is 0.254 e. The predicted molar refractivity (Wildman–Crippen MR) is 68.5 cm³/mol. The third-order valence-electron chi connectivity index (χ3n) is 3.33. The highest BCUT2D eigenvalue weighted by molar-refractivity contribution is 5.95. The summed E-state index contributed by atoms with van der Waals surface area (Å²) in [4.78, 5) is 14.3. The van der Waals surface area contributed by atoms with E-state index in [1.807, 2.05) is 18.7 Å². The van der Waals surface area contributed by atoms with Gasteiger partial charge in [0.2, 0.25) is 6.79 Å². The Morgan fingerprint density at radius 2 is 1.84 bits per heavy atom. The van der Waals surface area contributed by atoms with Crippen LogP contribution in [0.15, 0.2) is 18.2 Å². The second-order valence-electron chi connectivity index (χ2n) is 5.04. The molecule has 0 radical (unpaired) electrons. The van der Waals surface area contributed by atoms with Crippen molar-refractivity contribution in [3.05, 3.63) is 23.8 Å². The van der Waals surface area contributed by atoms with E-state index in [2.05, 4.69) is 0 Å². The third kappa shape index (κ3) is 2.38. The van der Waals surface area contributed by atoms with Gasteiger partial charge in [-0.15, -0.1) is 0 Å². The maximum absolute atomic E-state index is 12.5. The Balaban J connectivity index is 1.80. The van der Waals surface area contributed by atoms with E-state index in [9.17, 15) is 4.79 Å². The Kier molecular flexibility index (Phi) is 3.06. The van der Waals surface area contributed by atoms with Gasteiger partial charge in [-0.1, -0.05) is 0 Å². The van der Waals surface area contributed by atoms with Crippen LogP contribution in [0.1, 0.15) is 24.2 Å². The van der Waals surface area contributed by atoms with Gasteiger partial charge in [0.05, 0.1) is 12.2 Å². The summed E-state index contributed by atoms with van der Waals surface area (Å²) >= 11 is 0. The quantitative estimate of drug-likeness (QED) is 0.773. The fraction of sp³-hybridized carbons (Fsp3) is 0.500. The number of benzene rings is 1. The van der Waals surface area contributed by atoms with Gasteiger partial charge in [-0.25, -0.2) is 0 Å². The largest absolute Gasteiger partial charge is 0.454 e. The Labute approximate surface area is 112 Å². The molecule has 19 heavy (non-hydrogen) atoms. The van der Waals surface area contributed by atoms with Crippen molar-refractivity contribution in [1.29, 1.82) is 0 Å². The summed E-state index contributed by atoms with van der Waals surface area (Å²) in [6.45, 7) is 5.43. The molecule has 0 bridgehead atoms. The first-order chi connectivity index (χ1) is 9.13. The minimum Gasteiger partial charge on any atom is -0.454 e. The number of amides is 1. The van der Waals surface area contributed by atoms with Gasteiger partial charge in [-0.2, -0.15) is 0 Å². The summed E-state index contributed by atoms with van der Waals surface area (Å²) in [5.41, 5.74) is 0.630. The Hall–Kier alpha value is -1.75. The molecule has 2 aliphatic heterocycles. The minimum absolute atomic E-state index is 0.0142. The van der Waals surface area contributed by atoms with E-state index >= 15 is 0 Å². The molecule has 1 aromatic carbocycles. The molecule has 102 valence electrons. The van der Waals surface area contributed by atoms with Gasteiger partial charge in [0.25, 0.3) is 5.91 Å². The molecule has 3 rings (SSSR count). The molecule has 0 spiro atoms. The number of hydrogen-bond donors (Lipinski definition) is 0. The maximum atomic E-state index is 12.5. The normalized spacial score (nSPS) is 25.5. The van der Waals surface area contributed by atoms with Crippen LogP contribution in [-0.4, -0.2) is 42.9 Å². The van der Waals surface area contributed by atoms with Crippen molar-refractivity contribution in [2.24, 2.45) is 0 Å². The molecular formula is C14H17NO4. The van der Waals surface area contributed by atoms with Crippen molar-refractivity contribution in [2.75, 3.05) is 19.9 Å². The van der Waals surface area contributed by atoms with Crippen LogP contribution in [0.4, 0.5) is 0 Å². The molecule has 5 nitrogen and oxygen atoms in total. The molecule has 2 atom stereocenters. The molecular weight excluding hydrogens is 246 g/mol. The van der Waals surface area contributed by atoms with Crippen LogP contribution in [0, 0.1) is 0 Å². The highest BCUT2D eigenvalue weighted by Crippen LogP contribution is 2.33. The van der Waals surface area contributed by atoms with Crippen molar-refractivity contribution in [1.82, 2.24) is 4.90 Å². The van der Waals surface area contributed by atoms with Gasteiger partial charge >= 0.3 is 0 Å². The van der Waals surface area contributed by atoms with E-state index in [4.69, 9.17) is 14.2 Å². The lowest BCUT2D eigenvalue weighted by Crippen LogP contribution is -2.48. The minimum atomic E-state index is 0.0142. The van der Waals surface area contributed by atoms with E-state index in [0.29, 0.717) is 30.2 Å². The molecule has 1 fully saturated rings. The summed E-state index contributed by atoms with van der Waals surface area (Å²) < 4.78 is 16.2. The lowest BCUT2D eigenvalue weighted by atomic mass is 10.1. The van der Waals surface area contributed by atoms with Crippen LogP contribution >= 0.6 is 0 Å². The number of carbonyl (C=O) groups is 1. The zero-order chi connectivity index (χ0) is 13.4. The van der Waals surface area contributed by atoms with E-state index in [1.54, 1.807) is 18.2 Å². The van der Waals surface area contributed by atoms with Crippen LogP contribution in [0.2, 0.25) is 0 Å². The number of hydrogen-bond acceptors (Lipinski definition) is 4. The first-order valence-corrected chi connectivity index (χ1v) is 6.48. The number of morpholine rings is 1. The van der Waals surface area contributed by atoms with Crippen molar-refractivity contribution in [3.8, 4) is 11.5 Å². The van der Waals surface area contributed by atoms with Crippen LogP contribution in [-0.2, 0) is 4.74 Å². The average Bonchev–Trinajstić information content (AvgIpc) is 2.83. The molecule has 2 aliphatic rings. The lowest BCUT2D eigenvalue weighted by Gasteiger charge is -2.35. The van der Waals surface area contributed by atoms with Gasteiger partial charge < -0.3 is 19.1 Å². The van der Waals surface area contributed by atoms with Crippen molar-refractivity contribution in [2.45, 2.75) is 26.1 Å². The van der Waals surface area contributed by atoms with Crippen LogP contribution in [0.5, 0.6) is 11.5 Å². The monoisotopic (exact) mass is 263 g/mol. The van der Waals surface area contributed by atoms with Gasteiger partial charge in [0.1, 0.15) is 0 Å². The fourth-order valence-corrected chi connectivity index (χ4v) is 2.56. The van der Waals surface area contributed by atoms with Crippen molar-refractivity contribution in [3.63, 3.8) is 0 Å². The first-order valence-electron chi connectivity index (χ1n) is 6.48. The van der Waals surface area contributed by atoms with E-state index in [0.717, 1.165) is 0 Å². The second kappa shape index (κ2) is 4.74. The first kappa shape index (κ1) is 12.3. The molecule has 0 N–H and O–H groups in total. The van der Waals surface area contributed by atoms with Gasteiger partial charge in [0, 0.05) is 18.7 Å². The number of ether oxygens (including phenoxy) is 3. The number of fused-ring (bicyclic) bond motifs is 1. The topological polar surface area (TPSA) is 48.0 Å². The zero-order valence-corrected chi connectivity index (χ0v) is 11.1. The molecule has 0 aliphatic carbocycles. The molecule has 1 saturated heterocycles. The van der Waals surface area contributed by atoms with Crippen molar-refractivity contribution >= 4 is 5.91 Å². The van der Waals surface area contributed by atoms with E-state index in [-0.39, 0.29) is 24.9 Å². The van der Waals surface area contributed by atoms with Crippen LogP contribution in [0.25, 0.3) is 0 Å². The zero-order valence-electron chi connectivity index (χ0n) is 11.1. The Morgan fingerprint density at radius 3 is 2.58 bits per heavy atom. The summed E-state index contributed by atoms with van der Waals surface area (Å²) in [6, 6.07) is 5.30. The van der Waals surface area contributed by atoms with Gasteiger partial charge in [0.15, 0.2) is 11.5 Å². The van der Waals surface area contributed by atoms with E-state index < -0.39 is 0 Å². The van der Waals surface area contributed by atoms with Gasteiger partial charge in [-0.05, 0) is 32.0 Å². The molecule has 5 heteroatoms. The van der Waals surface area contributed by atoms with Gasteiger partial charge in [-0.3, -0.25) is 4.79 Å². The van der Waals surface area contributed by atoms with Crippen molar-refractivity contribution < 1.29 is 19.0 Å². The Bertz CT molecular complexity index is 492. The smallest absolute Gasteiger partial charge is 0.254 e. The predicted octanol–water partition coefficient (Wildman–Crippen LogP) is 1.66. The number of nitrogens with zero attached hydrogens (tertiary/aromatic N) is 1. The summed E-state index contributed by atoms with van der Waals surface area (Å²) in [6.07, 6.45) is 0.142. The fourth-order valence-electron chi connectivity index (χ4n) is 2.56. The summed E-state index contributed by atoms with van der Waals surface area (Å²) in [7, 11) is 0. The highest BCUT2D eigenvalue weighted by atomic mass is 16.7. The average molecular weight is 263 g/mol. The highest BCUT2D eigenvalue weighted by Gasteiger charge is 2.27. The molecule has 0 saturated carbocycles. The third-order valence-corrected chi connectivity index (χ3v) is 3.33. The number of carbonyl (C=O) groups excluding carboxylic acids is 1. The summed E-state index contributed by atoms with van der Waals surface area (Å²) in [5, 5.41) is 0. The molecule has 2 heterocycles. The second-order valence-corrected chi connectivity index (χ2v) is 5.04. The lowest BCUT2D eigenvalue weighted by molar-refractivity contribution is -0.0586. The Morgan fingerprint density at radius 1 is 1.16 bits per heavy atom. The molecule has 0 aromatic heterocycles. The SMILES string of the molecule is C[C@H]1CN(C(=O)c2ccc3c(c2)OCO3)C[C@H](C)O1. The van der Waals surface area contributed by atoms with Crippen LogP contribution < -0.4 is 9.47 Å². The standard InChI is InChI=1S/C14H17NO4/c1-9-6-15(7-10(2)19-9)14(16)11-3-4-12-13(5-11)18-8-17-12/h3-5,9-10H,6-8H2,1-2H3/t9-,10-/m0/s1. The summed E-state index contributed by atoms with van der Waals surface area (Å²) in [5.74, 6) is 1.35. The molecule has 1 aromatic rings. The number of rotatable bonds is 1. The van der Waals surface area contributed by atoms with Crippen LogP contribution in [0.3, 0.4) is 0 Å².